The van der Waals surface area contributed by atoms with E-state index < -0.39 is 5.91 Å². The summed E-state index contributed by atoms with van der Waals surface area (Å²) < 4.78 is 10.7. The van der Waals surface area contributed by atoms with Crippen molar-refractivity contribution in [2.24, 2.45) is 0 Å². The minimum absolute atomic E-state index is 0.0492. The van der Waals surface area contributed by atoms with E-state index in [-0.39, 0.29) is 17.6 Å². The number of ether oxygens (including phenoxy) is 1. The van der Waals surface area contributed by atoms with Crippen LogP contribution in [0.25, 0.3) is 10.8 Å². The average Bonchev–Trinajstić information content (AvgIpc) is 3.37. The number of ketones is 1. The number of nitrogens with zero attached hydrogens (tertiary/aromatic N) is 2. The van der Waals surface area contributed by atoms with Crippen LogP contribution in [-0.2, 0) is 4.74 Å². The number of amides is 1. The second kappa shape index (κ2) is 12.5. The number of hydrogen-bond acceptors (Lipinski definition) is 7. The molecule has 1 amide bonds. The Bertz CT molecular complexity index is 1460. The Balaban J connectivity index is 1.39. The van der Waals surface area contributed by atoms with Gasteiger partial charge in [0, 0.05) is 31.5 Å². The van der Waals surface area contributed by atoms with Crippen molar-refractivity contribution in [1.82, 2.24) is 9.88 Å². The summed E-state index contributed by atoms with van der Waals surface area (Å²) in [5, 5.41) is 8.14. The van der Waals surface area contributed by atoms with Crippen LogP contribution in [0.4, 0.5) is 17.4 Å². The van der Waals surface area contributed by atoms with Crippen LogP contribution < -0.4 is 10.6 Å². The number of rotatable bonds is 11. The highest BCUT2D eigenvalue weighted by Crippen LogP contribution is 2.27. The predicted octanol–water partition coefficient (Wildman–Crippen LogP) is 6.10. The number of nitrogens with one attached hydrogen (secondary N) is 2. The molecule has 0 fully saturated rings. The summed E-state index contributed by atoms with van der Waals surface area (Å²) in [4.78, 5) is 31.4. The topological polar surface area (TPSA) is 96.7 Å². The van der Waals surface area contributed by atoms with Crippen LogP contribution in [0.3, 0.4) is 0 Å². The molecule has 4 rings (SSSR count). The molecule has 0 atom stereocenters. The van der Waals surface area contributed by atoms with Crippen molar-refractivity contribution in [2.75, 3.05) is 44.5 Å². The maximum absolute atomic E-state index is 12.6. The predicted molar refractivity (Wildman–Crippen MR) is 151 cm³/mol. The van der Waals surface area contributed by atoms with Crippen LogP contribution in [0.15, 0.2) is 77.4 Å². The molecule has 0 unspecified atom stereocenters. The number of hydrogen-bond donors (Lipinski definition) is 2. The Labute approximate surface area is 226 Å². The maximum atomic E-state index is 12.6. The van der Waals surface area contributed by atoms with Crippen molar-refractivity contribution in [3.63, 3.8) is 0 Å². The van der Waals surface area contributed by atoms with E-state index >= 15 is 0 Å². The van der Waals surface area contributed by atoms with Gasteiger partial charge in [-0.25, -0.2) is 4.98 Å². The molecule has 0 radical (unpaired) electrons. The van der Waals surface area contributed by atoms with Gasteiger partial charge in [0.25, 0.3) is 11.9 Å². The van der Waals surface area contributed by atoms with Crippen LogP contribution >= 0.6 is 11.6 Å². The number of anilines is 3. The molecule has 0 aliphatic carbocycles. The Morgan fingerprint density at radius 3 is 2.71 bits per heavy atom. The first-order valence-electron chi connectivity index (χ1n) is 12.1. The zero-order chi connectivity index (χ0) is 27.1. The van der Waals surface area contributed by atoms with Crippen molar-refractivity contribution in [3.8, 4) is 0 Å². The van der Waals surface area contributed by atoms with Crippen molar-refractivity contribution in [3.05, 3.63) is 94.9 Å². The number of halogens is 1. The lowest BCUT2D eigenvalue weighted by Crippen LogP contribution is -2.22. The molecule has 0 bridgehead atoms. The van der Waals surface area contributed by atoms with Gasteiger partial charge in [-0.2, -0.15) is 0 Å². The van der Waals surface area contributed by atoms with Crippen molar-refractivity contribution in [2.45, 2.75) is 6.92 Å². The highest BCUT2D eigenvalue weighted by atomic mass is 35.5. The highest BCUT2D eigenvalue weighted by molar-refractivity contribution is 6.34. The SMILES string of the molecule is COCCN(C)C/C=C/C(=O)c1ccc2cc(Nc3ncc(C(=O)Nc4c(C)cccc4Cl)o3)ccc2c1. The van der Waals surface area contributed by atoms with E-state index in [4.69, 9.17) is 20.8 Å². The minimum atomic E-state index is -0.451. The first-order valence-corrected chi connectivity index (χ1v) is 12.4. The molecule has 9 heteroatoms. The molecule has 0 aliphatic heterocycles. The fourth-order valence-corrected chi connectivity index (χ4v) is 4.05. The number of aromatic nitrogens is 1. The molecule has 8 nitrogen and oxygen atoms in total. The quantitative estimate of drug-likeness (QED) is 0.178. The van der Waals surface area contributed by atoms with Gasteiger partial charge in [0.15, 0.2) is 5.78 Å². The number of benzene rings is 3. The van der Waals surface area contributed by atoms with E-state index in [0.717, 1.165) is 28.6 Å². The fraction of sp³-hybridized carbons (Fsp3) is 0.207. The molecular weight excluding hydrogens is 504 g/mol. The van der Waals surface area contributed by atoms with Crippen molar-refractivity contribution >= 4 is 51.5 Å². The summed E-state index contributed by atoms with van der Waals surface area (Å²) in [5.41, 5.74) is 2.71. The molecule has 2 N–H and O–H groups in total. The monoisotopic (exact) mass is 532 g/mol. The van der Waals surface area contributed by atoms with Crippen LogP contribution in [0.1, 0.15) is 26.5 Å². The van der Waals surface area contributed by atoms with Gasteiger partial charge < -0.3 is 24.7 Å². The van der Waals surface area contributed by atoms with Crippen molar-refractivity contribution in [1.29, 1.82) is 0 Å². The average molecular weight is 533 g/mol. The molecule has 4 aromatic rings. The Morgan fingerprint density at radius 2 is 1.92 bits per heavy atom. The minimum Gasteiger partial charge on any atom is -0.418 e. The van der Waals surface area contributed by atoms with Crippen molar-refractivity contribution < 1.29 is 18.7 Å². The number of fused-ring (bicyclic) bond motifs is 1. The number of oxazole rings is 1. The molecule has 0 spiro atoms. The first-order chi connectivity index (χ1) is 18.3. The second-order valence-corrected chi connectivity index (χ2v) is 9.25. The lowest BCUT2D eigenvalue weighted by atomic mass is 10.0. The summed E-state index contributed by atoms with van der Waals surface area (Å²) >= 11 is 6.20. The number of para-hydroxylation sites is 1. The number of methoxy groups -OCH3 is 1. The maximum Gasteiger partial charge on any atom is 0.299 e. The van der Waals surface area contributed by atoms with E-state index in [1.165, 1.54) is 6.20 Å². The largest absolute Gasteiger partial charge is 0.418 e. The molecule has 1 heterocycles. The van der Waals surface area contributed by atoms with Gasteiger partial charge in [0.2, 0.25) is 5.76 Å². The van der Waals surface area contributed by atoms with Crippen LogP contribution in [0.2, 0.25) is 5.02 Å². The summed E-state index contributed by atoms with van der Waals surface area (Å²) in [6.45, 7) is 3.97. The van der Waals surface area contributed by atoms with Gasteiger partial charge in [-0.05, 0) is 60.6 Å². The number of allylic oxidation sites excluding steroid dienone is 1. The first kappa shape index (κ1) is 27.1. The van der Waals surface area contributed by atoms with Gasteiger partial charge in [0.05, 0.1) is 23.5 Å². The van der Waals surface area contributed by atoms with E-state index in [2.05, 4.69) is 20.5 Å². The normalized spacial score (nSPS) is 11.4. The molecular formula is C29H29ClN4O4. The summed E-state index contributed by atoms with van der Waals surface area (Å²) in [6.07, 6.45) is 4.81. The molecule has 196 valence electrons. The summed E-state index contributed by atoms with van der Waals surface area (Å²) in [7, 11) is 3.65. The zero-order valence-electron chi connectivity index (χ0n) is 21.5. The number of likely N-dealkylation sites (N-methyl/N-ethyl adjacent to an activating group) is 1. The third-order valence-electron chi connectivity index (χ3n) is 5.93. The Morgan fingerprint density at radius 1 is 1.13 bits per heavy atom. The third kappa shape index (κ3) is 6.86. The molecule has 3 aromatic carbocycles. The second-order valence-electron chi connectivity index (χ2n) is 8.84. The Hall–Kier alpha value is -3.98. The van der Waals surface area contributed by atoms with Crippen LogP contribution in [0.5, 0.6) is 0 Å². The van der Waals surface area contributed by atoms with Gasteiger partial charge in [-0.3, -0.25) is 9.59 Å². The molecule has 38 heavy (non-hydrogen) atoms. The molecule has 0 saturated heterocycles. The van der Waals surface area contributed by atoms with Gasteiger partial charge in [-0.15, -0.1) is 0 Å². The van der Waals surface area contributed by atoms with E-state index in [1.807, 2.05) is 62.5 Å². The van der Waals surface area contributed by atoms with Gasteiger partial charge >= 0.3 is 0 Å². The highest BCUT2D eigenvalue weighted by Gasteiger charge is 2.16. The lowest BCUT2D eigenvalue weighted by Gasteiger charge is -2.12. The number of carbonyl (C=O) groups is 2. The van der Waals surface area contributed by atoms with Crippen LogP contribution in [-0.4, -0.2) is 55.4 Å². The summed E-state index contributed by atoms with van der Waals surface area (Å²) in [6, 6.07) is 16.8. The van der Waals surface area contributed by atoms with Gasteiger partial charge in [-0.1, -0.05) is 48.0 Å². The molecule has 0 saturated carbocycles. The molecule has 1 aromatic heterocycles. The van der Waals surface area contributed by atoms with E-state index in [9.17, 15) is 9.59 Å². The van der Waals surface area contributed by atoms with E-state index in [1.54, 1.807) is 25.3 Å². The van der Waals surface area contributed by atoms with Crippen LogP contribution in [0, 0.1) is 6.92 Å². The molecule has 0 aliphatic rings. The van der Waals surface area contributed by atoms with Gasteiger partial charge in [0.1, 0.15) is 0 Å². The number of aryl methyl sites for hydroxylation is 1. The van der Waals surface area contributed by atoms with E-state index in [0.29, 0.717) is 29.4 Å². The summed E-state index contributed by atoms with van der Waals surface area (Å²) in [5.74, 6) is -0.450. The Kier molecular flexibility index (Phi) is 8.91. The standard InChI is InChI=1S/C29H29ClN4O4/c1-19-6-4-7-24(30)27(19)33-28(36)26-18-31-29(38-26)32-23-12-11-20-16-22(10-9-21(20)17-23)25(35)8-5-13-34(2)14-15-37-3/h4-12,16-18H,13-15H2,1-3H3,(H,31,32)(H,33,36)/b8-5+. The smallest absolute Gasteiger partial charge is 0.299 e. The lowest BCUT2D eigenvalue weighted by molar-refractivity contribution is 0.0996. The zero-order valence-corrected chi connectivity index (χ0v) is 22.2. The number of carbonyl (C=O) groups excluding carboxylic acids is 2. The fourth-order valence-electron chi connectivity index (χ4n) is 3.78. The third-order valence-corrected chi connectivity index (χ3v) is 6.24.